The van der Waals surface area contributed by atoms with Crippen LogP contribution in [0.3, 0.4) is 0 Å². The third-order valence-electron chi connectivity index (χ3n) is 4.73. The average molecular weight is 413 g/mol. The highest BCUT2D eigenvalue weighted by atomic mass is 32.1. The lowest BCUT2D eigenvalue weighted by Crippen LogP contribution is -2.17. The van der Waals surface area contributed by atoms with Crippen molar-refractivity contribution < 1.29 is 19.1 Å². The number of rotatable bonds is 7. The highest BCUT2D eigenvalue weighted by molar-refractivity contribution is 7.16. The number of methoxy groups -OCH3 is 2. The Morgan fingerprint density at radius 1 is 1.24 bits per heavy atom. The van der Waals surface area contributed by atoms with Gasteiger partial charge in [-0.1, -0.05) is 5.16 Å². The number of ether oxygens (including phenoxy) is 2. The van der Waals surface area contributed by atoms with Gasteiger partial charge in [0.2, 0.25) is 0 Å². The van der Waals surface area contributed by atoms with E-state index in [1.165, 1.54) is 16.2 Å². The molecule has 3 rings (SSSR count). The number of nitrogens with one attached hydrogen (secondary N) is 1. The second kappa shape index (κ2) is 9.43. The first-order chi connectivity index (χ1) is 14.1. The average Bonchev–Trinajstić information content (AvgIpc) is 3.09. The third kappa shape index (κ3) is 4.69. The van der Waals surface area contributed by atoms with Crippen LogP contribution in [0.1, 0.15) is 41.3 Å². The maximum absolute atomic E-state index is 12.3. The lowest BCUT2D eigenvalue weighted by atomic mass is 9.96. The van der Waals surface area contributed by atoms with Gasteiger partial charge in [0.1, 0.15) is 11.1 Å². The van der Waals surface area contributed by atoms with Crippen LogP contribution in [0.15, 0.2) is 23.4 Å². The van der Waals surface area contributed by atoms with Gasteiger partial charge in [-0.3, -0.25) is 4.79 Å². The Balaban J connectivity index is 1.61. The fourth-order valence-corrected chi connectivity index (χ4v) is 4.49. The second-order valence-electron chi connectivity index (χ2n) is 6.59. The number of thiophene rings is 1. The smallest absolute Gasteiger partial charge is 0.265 e. The summed E-state index contributed by atoms with van der Waals surface area (Å²) in [5, 5.41) is 16.9. The van der Waals surface area contributed by atoms with E-state index in [0.29, 0.717) is 27.8 Å². The normalized spacial score (nSPS) is 13.2. The molecule has 29 heavy (non-hydrogen) atoms. The number of oxime groups is 1. The Labute approximate surface area is 173 Å². The van der Waals surface area contributed by atoms with Crippen molar-refractivity contribution in [1.29, 1.82) is 5.26 Å². The fourth-order valence-electron chi connectivity index (χ4n) is 3.24. The van der Waals surface area contributed by atoms with Crippen LogP contribution in [0.25, 0.3) is 0 Å². The van der Waals surface area contributed by atoms with Gasteiger partial charge in [0.25, 0.3) is 5.91 Å². The summed E-state index contributed by atoms with van der Waals surface area (Å²) in [7, 11) is 3.13. The van der Waals surface area contributed by atoms with Gasteiger partial charge in [-0.05, 0) is 56.4 Å². The second-order valence-corrected chi connectivity index (χ2v) is 7.70. The first-order valence-electron chi connectivity index (χ1n) is 9.30. The summed E-state index contributed by atoms with van der Waals surface area (Å²) in [5.74, 6) is 0.864. The minimum absolute atomic E-state index is 0.238. The van der Waals surface area contributed by atoms with Crippen molar-refractivity contribution in [2.24, 2.45) is 5.16 Å². The maximum atomic E-state index is 12.3. The van der Waals surface area contributed by atoms with Crippen LogP contribution < -0.4 is 14.8 Å². The van der Waals surface area contributed by atoms with Crippen molar-refractivity contribution in [1.82, 2.24) is 0 Å². The zero-order chi connectivity index (χ0) is 20.8. The first-order valence-corrected chi connectivity index (χ1v) is 10.1. The number of anilines is 1. The number of aryl methyl sites for hydroxylation is 1. The van der Waals surface area contributed by atoms with Gasteiger partial charge in [-0.15, -0.1) is 11.3 Å². The van der Waals surface area contributed by atoms with Crippen molar-refractivity contribution in [2.75, 3.05) is 26.1 Å². The molecule has 1 heterocycles. The fraction of sp³-hybridized carbons (Fsp3) is 0.381. The van der Waals surface area contributed by atoms with E-state index in [1.54, 1.807) is 33.3 Å². The van der Waals surface area contributed by atoms with E-state index in [9.17, 15) is 10.1 Å². The Morgan fingerprint density at radius 2 is 2.00 bits per heavy atom. The molecule has 0 fully saturated rings. The lowest BCUT2D eigenvalue weighted by Gasteiger charge is -2.09. The SMILES string of the molecule is COc1ccc(/C(C)=N\OCC(=O)Nc2sc3c(c2C#N)CCCC3)cc1OC. The van der Waals surface area contributed by atoms with Crippen LogP contribution in [-0.2, 0) is 22.5 Å². The Kier molecular flexibility index (Phi) is 6.73. The quantitative estimate of drug-likeness (QED) is 0.549. The zero-order valence-corrected chi connectivity index (χ0v) is 17.5. The molecule has 1 aliphatic rings. The van der Waals surface area contributed by atoms with E-state index in [1.807, 2.05) is 6.07 Å². The molecule has 2 aromatic rings. The van der Waals surface area contributed by atoms with Crippen molar-refractivity contribution in [3.05, 3.63) is 39.8 Å². The standard InChI is InChI=1S/C21H23N3O4S/c1-13(14-8-9-17(26-2)18(10-14)27-3)24-28-12-20(25)23-21-16(11-22)15-6-4-5-7-19(15)29-21/h8-10H,4-7,12H2,1-3H3,(H,23,25)/b24-13-. The van der Waals surface area contributed by atoms with Crippen LogP contribution in [0.4, 0.5) is 5.00 Å². The molecule has 1 amide bonds. The zero-order valence-electron chi connectivity index (χ0n) is 16.7. The van der Waals surface area contributed by atoms with Crippen molar-refractivity contribution in [3.8, 4) is 17.6 Å². The highest BCUT2D eigenvalue weighted by Crippen LogP contribution is 2.37. The van der Waals surface area contributed by atoms with Crippen LogP contribution >= 0.6 is 11.3 Å². The Hall–Kier alpha value is -3.05. The summed E-state index contributed by atoms with van der Waals surface area (Å²) in [6, 6.07) is 7.63. The van der Waals surface area contributed by atoms with Gasteiger partial charge in [-0.2, -0.15) is 5.26 Å². The molecule has 0 unspecified atom stereocenters. The van der Waals surface area contributed by atoms with Gasteiger partial charge >= 0.3 is 0 Å². The van der Waals surface area contributed by atoms with Crippen molar-refractivity contribution in [3.63, 3.8) is 0 Å². The van der Waals surface area contributed by atoms with Gasteiger partial charge in [0.05, 0.1) is 25.5 Å². The lowest BCUT2D eigenvalue weighted by molar-refractivity contribution is -0.120. The number of amides is 1. The molecule has 1 aromatic heterocycles. The summed E-state index contributed by atoms with van der Waals surface area (Å²) < 4.78 is 10.5. The summed E-state index contributed by atoms with van der Waals surface area (Å²) in [4.78, 5) is 18.7. The molecule has 1 aromatic carbocycles. The molecule has 8 heteroatoms. The van der Waals surface area contributed by atoms with E-state index < -0.39 is 0 Å². The van der Waals surface area contributed by atoms with Crippen LogP contribution in [0, 0.1) is 11.3 Å². The van der Waals surface area contributed by atoms with Gasteiger partial charge in [0.15, 0.2) is 18.1 Å². The maximum Gasteiger partial charge on any atom is 0.265 e. The number of nitrogens with zero attached hydrogens (tertiary/aromatic N) is 2. The van der Waals surface area contributed by atoms with Crippen LogP contribution in [0.5, 0.6) is 11.5 Å². The minimum atomic E-state index is -0.344. The van der Waals surface area contributed by atoms with E-state index in [0.717, 1.165) is 36.8 Å². The van der Waals surface area contributed by atoms with E-state index in [4.69, 9.17) is 14.3 Å². The van der Waals surface area contributed by atoms with Gasteiger partial charge in [0, 0.05) is 10.4 Å². The molecule has 0 bridgehead atoms. The molecule has 0 radical (unpaired) electrons. The number of benzene rings is 1. The van der Waals surface area contributed by atoms with Crippen LogP contribution in [0.2, 0.25) is 0 Å². The van der Waals surface area contributed by atoms with E-state index in [-0.39, 0.29) is 12.5 Å². The molecule has 0 saturated heterocycles. The van der Waals surface area contributed by atoms with Crippen molar-refractivity contribution in [2.45, 2.75) is 32.6 Å². The molecule has 0 aliphatic heterocycles. The highest BCUT2D eigenvalue weighted by Gasteiger charge is 2.21. The predicted octanol–water partition coefficient (Wildman–Crippen LogP) is 3.90. The Morgan fingerprint density at radius 3 is 2.72 bits per heavy atom. The van der Waals surface area contributed by atoms with Gasteiger partial charge in [-0.25, -0.2) is 0 Å². The number of hydrogen-bond acceptors (Lipinski definition) is 7. The summed E-state index contributed by atoms with van der Waals surface area (Å²) >= 11 is 1.49. The number of fused-ring (bicyclic) bond motifs is 1. The first kappa shape index (κ1) is 20.7. The number of nitriles is 1. The molecule has 0 saturated carbocycles. The van der Waals surface area contributed by atoms with Crippen molar-refractivity contribution >= 4 is 28.0 Å². The topological polar surface area (TPSA) is 92.9 Å². The molecule has 7 nitrogen and oxygen atoms in total. The van der Waals surface area contributed by atoms with E-state index in [2.05, 4.69) is 16.5 Å². The summed E-state index contributed by atoms with van der Waals surface area (Å²) in [6.45, 7) is 1.54. The number of carbonyl (C=O) groups is 1. The summed E-state index contributed by atoms with van der Waals surface area (Å²) in [5.41, 5.74) is 3.06. The molecule has 1 aliphatic carbocycles. The monoisotopic (exact) mass is 413 g/mol. The third-order valence-corrected chi connectivity index (χ3v) is 5.94. The Bertz CT molecular complexity index is 975. The molecule has 0 spiro atoms. The number of carbonyl (C=O) groups excluding carboxylic acids is 1. The minimum Gasteiger partial charge on any atom is -0.493 e. The molecule has 152 valence electrons. The molecule has 1 N–H and O–H groups in total. The predicted molar refractivity (Wildman–Crippen MR) is 112 cm³/mol. The molecular weight excluding hydrogens is 390 g/mol. The van der Waals surface area contributed by atoms with E-state index >= 15 is 0 Å². The van der Waals surface area contributed by atoms with Gasteiger partial charge < -0.3 is 19.6 Å². The molecular formula is C21H23N3O4S. The van der Waals surface area contributed by atoms with Crippen LogP contribution in [-0.4, -0.2) is 32.4 Å². The molecule has 0 atom stereocenters. The summed E-state index contributed by atoms with van der Waals surface area (Å²) in [6.07, 6.45) is 4.07. The largest absolute Gasteiger partial charge is 0.493 e. The number of hydrogen-bond donors (Lipinski definition) is 1.